The molecule has 0 aliphatic carbocycles. The van der Waals surface area contributed by atoms with Crippen LogP contribution < -0.4 is 0 Å². The van der Waals surface area contributed by atoms with Crippen LogP contribution in [0.15, 0.2) is 42.5 Å². The first-order valence-electron chi connectivity index (χ1n) is 6.76. The van der Waals surface area contributed by atoms with E-state index in [1.54, 1.807) is 0 Å². The number of alkyl halides is 3. The summed E-state index contributed by atoms with van der Waals surface area (Å²) in [5, 5.41) is 10.0. The summed E-state index contributed by atoms with van der Waals surface area (Å²) in [7, 11) is -2.90. The summed E-state index contributed by atoms with van der Waals surface area (Å²) in [6.45, 7) is 0. The van der Waals surface area contributed by atoms with E-state index >= 15 is 0 Å². The van der Waals surface area contributed by atoms with Crippen LogP contribution >= 0.6 is 0 Å². The number of hydrogen-bond donors (Lipinski definition) is 2. The lowest BCUT2D eigenvalue weighted by molar-refractivity contribution is -0.137. The number of rotatable bonds is 5. The van der Waals surface area contributed by atoms with Gasteiger partial charge >= 0.3 is 6.18 Å². The third-order valence-electron chi connectivity index (χ3n) is 3.19. The molecule has 1 N–H and O–H groups in total. The molecule has 0 heterocycles. The fraction of sp³-hybridized carbons (Fsp3) is 0.188. The lowest BCUT2D eigenvalue weighted by Gasteiger charge is -2.14. The minimum Gasteiger partial charge on any atom is -0.388 e. The normalized spacial score (nSPS) is 13.2. The zero-order valence-corrected chi connectivity index (χ0v) is 13.0. The summed E-state index contributed by atoms with van der Waals surface area (Å²) < 4.78 is 73.5. The Morgan fingerprint density at radius 3 is 2.42 bits per heavy atom. The molecule has 0 spiro atoms. The molecular weight excluding hydrogens is 348 g/mol. The van der Waals surface area contributed by atoms with Crippen LogP contribution in [0.5, 0.6) is 0 Å². The van der Waals surface area contributed by atoms with Crippen LogP contribution in [0.4, 0.5) is 17.6 Å². The highest BCUT2D eigenvalue weighted by atomic mass is 32.2. The Bertz CT molecular complexity index is 792. The van der Waals surface area contributed by atoms with E-state index < -0.39 is 40.1 Å². The molecule has 2 rings (SSSR count). The lowest BCUT2D eigenvalue weighted by Crippen LogP contribution is -2.08. The largest absolute Gasteiger partial charge is 0.416 e. The third kappa shape index (κ3) is 5.04. The molecule has 0 saturated carbocycles. The highest BCUT2D eigenvalue weighted by Gasteiger charge is 2.31. The Morgan fingerprint density at radius 2 is 1.83 bits per heavy atom. The van der Waals surface area contributed by atoms with Crippen LogP contribution in [0.25, 0.3) is 0 Å². The van der Waals surface area contributed by atoms with Gasteiger partial charge in [0.25, 0.3) is 0 Å². The molecule has 24 heavy (non-hydrogen) atoms. The number of aliphatic hydroxyl groups is 1. The van der Waals surface area contributed by atoms with E-state index in [2.05, 4.69) is 0 Å². The van der Waals surface area contributed by atoms with Gasteiger partial charge in [-0.25, -0.2) is 12.8 Å². The summed E-state index contributed by atoms with van der Waals surface area (Å²) in [6, 6.07) is 7.80. The van der Waals surface area contributed by atoms with Gasteiger partial charge in [0.2, 0.25) is 0 Å². The molecule has 0 fully saturated rings. The van der Waals surface area contributed by atoms with Crippen molar-refractivity contribution < 1.29 is 31.1 Å². The van der Waals surface area contributed by atoms with Gasteiger partial charge in [0.05, 0.1) is 17.4 Å². The van der Waals surface area contributed by atoms with Crippen LogP contribution in [0, 0.1) is 12.2 Å². The van der Waals surface area contributed by atoms with Gasteiger partial charge in [-0.05, 0) is 41.0 Å². The second-order valence-corrected chi connectivity index (χ2v) is 6.10. The molecule has 2 aromatic carbocycles. The van der Waals surface area contributed by atoms with Gasteiger partial charge in [0, 0.05) is 6.42 Å². The number of hydrogen-bond acceptors (Lipinski definition) is 3. The SMILES string of the molecule is O=[SH](=O)Cc1cc([CH][C@@H](O)c2cccc(F)c2)cc(C(F)(F)F)c1. The van der Waals surface area contributed by atoms with Gasteiger partial charge in [-0.2, -0.15) is 13.2 Å². The molecule has 0 bridgehead atoms. The zero-order valence-electron chi connectivity index (χ0n) is 12.1. The average molecular weight is 361 g/mol. The highest BCUT2D eigenvalue weighted by molar-refractivity contribution is 7.71. The Hall–Kier alpha value is -1.93. The zero-order chi connectivity index (χ0) is 17.9. The van der Waals surface area contributed by atoms with Crippen molar-refractivity contribution in [2.45, 2.75) is 18.0 Å². The molecule has 0 saturated heterocycles. The van der Waals surface area contributed by atoms with Crippen LogP contribution in [0.2, 0.25) is 0 Å². The standard InChI is InChI=1S/C16H13F4O3S/c17-14-3-1-2-12(8-14)15(21)7-10-4-11(9-24(22)23)6-13(5-10)16(18,19)20/h1-8,15,21,24H,9H2/t15-/m1/s1. The third-order valence-corrected chi connectivity index (χ3v) is 3.82. The first-order chi connectivity index (χ1) is 11.1. The van der Waals surface area contributed by atoms with Crippen molar-refractivity contribution in [3.05, 3.63) is 77.0 Å². The Labute approximate surface area is 137 Å². The number of aliphatic hydroxyl groups excluding tert-OH is 1. The first-order valence-corrected chi connectivity index (χ1v) is 8.13. The van der Waals surface area contributed by atoms with Crippen molar-refractivity contribution in [2.75, 3.05) is 0 Å². The van der Waals surface area contributed by atoms with Gasteiger partial charge in [-0.1, -0.05) is 18.2 Å². The molecule has 2 aromatic rings. The van der Waals surface area contributed by atoms with Crippen molar-refractivity contribution in [3.8, 4) is 0 Å². The molecule has 0 aromatic heterocycles. The van der Waals surface area contributed by atoms with Gasteiger partial charge in [0.1, 0.15) is 16.5 Å². The predicted molar refractivity (Wildman–Crippen MR) is 80.2 cm³/mol. The highest BCUT2D eigenvalue weighted by Crippen LogP contribution is 2.32. The quantitative estimate of drug-likeness (QED) is 0.635. The lowest BCUT2D eigenvalue weighted by atomic mass is 9.98. The maximum absolute atomic E-state index is 13.2. The summed E-state index contributed by atoms with van der Waals surface area (Å²) in [4.78, 5) is 0. The second-order valence-electron chi connectivity index (χ2n) is 5.12. The fourth-order valence-corrected chi connectivity index (χ4v) is 2.67. The Morgan fingerprint density at radius 1 is 1.12 bits per heavy atom. The Kier molecular flexibility index (Phi) is 5.61. The Balaban J connectivity index is 2.34. The van der Waals surface area contributed by atoms with E-state index in [0.717, 1.165) is 24.6 Å². The number of halogens is 4. The van der Waals surface area contributed by atoms with E-state index in [4.69, 9.17) is 0 Å². The molecule has 0 aliphatic heterocycles. The van der Waals surface area contributed by atoms with Crippen LogP contribution in [0.1, 0.15) is 28.4 Å². The van der Waals surface area contributed by atoms with Crippen LogP contribution in [-0.4, -0.2) is 13.5 Å². The van der Waals surface area contributed by atoms with Crippen LogP contribution in [0.3, 0.4) is 0 Å². The molecule has 3 nitrogen and oxygen atoms in total. The maximum atomic E-state index is 13.2. The predicted octanol–water partition coefficient (Wildman–Crippen LogP) is 3.24. The van der Waals surface area contributed by atoms with Crippen molar-refractivity contribution in [1.29, 1.82) is 0 Å². The van der Waals surface area contributed by atoms with Gasteiger partial charge < -0.3 is 5.11 Å². The topological polar surface area (TPSA) is 54.4 Å². The molecule has 129 valence electrons. The van der Waals surface area contributed by atoms with Crippen molar-refractivity contribution in [2.24, 2.45) is 0 Å². The molecule has 0 unspecified atom stereocenters. The van der Waals surface area contributed by atoms with E-state index in [-0.39, 0.29) is 16.7 Å². The molecule has 1 radical (unpaired) electrons. The van der Waals surface area contributed by atoms with Crippen molar-refractivity contribution in [1.82, 2.24) is 0 Å². The summed E-state index contributed by atoms with van der Waals surface area (Å²) >= 11 is 0. The number of benzene rings is 2. The van der Waals surface area contributed by atoms with Crippen LogP contribution in [-0.2, 0) is 22.6 Å². The van der Waals surface area contributed by atoms with E-state index in [9.17, 15) is 31.1 Å². The fourth-order valence-electron chi connectivity index (χ4n) is 2.19. The molecule has 1 atom stereocenters. The molecule has 0 amide bonds. The first kappa shape index (κ1) is 18.4. The van der Waals surface area contributed by atoms with Gasteiger partial charge in [-0.15, -0.1) is 0 Å². The smallest absolute Gasteiger partial charge is 0.388 e. The van der Waals surface area contributed by atoms with E-state index in [1.165, 1.54) is 24.3 Å². The summed E-state index contributed by atoms with van der Waals surface area (Å²) in [5.74, 6) is -1.14. The summed E-state index contributed by atoms with van der Waals surface area (Å²) in [6.07, 6.45) is -4.89. The molecular formula is C16H13F4O3S. The van der Waals surface area contributed by atoms with E-state index in [0.29, 0.717) is 0 Å². The van der Waals surface area contributed by atoms with E-state index in [1.807, 2.05) is 0 Å². The minimum absolute atomic E-state index is 0.00608. The average Bonchev–Trinajstić information content (AvgIpc) is 2.45. The van der Waals surface area contributed by atoms with Crippen molar-refractivity contribution >= 4 is 10.7 Å². The maximum Gasteiger partial charge on any atom is 0.416 e. The van der Waals surface area contributed by atoms with Gasteiger partial charge in [0.15, 0.2) is 0 Å². The monoisotopic (exact) mass is 361 g/mol. The molecule has 8 heteroatoms. The van der Waals surface area contributed by atoms with Crippen molar-refractivity contribution in [3.63, 3.8) is 0 Å². The number of thiol groups is 1. The molecule has 0 aliphatic rings. The summed E-state index contributed by atoms with van der Waals surface area (Å²) in [5.41, 5.74) is -0.898. The minimum atomic E-state index is -4.66. The second kappa shape index (κ2) is 7.31. The van der Waals surface area contributed by atoms with Gasteiger partial charge in [-0.3, -0.25) is 0 Å².